The Bertz CT molecular complexity index is 806. The zero-order valence-electron chi connectivity index (χ0n) is 17.0. The van der Waals surface area contributed by atoms with Crippen LogP contribution in [0.25, 0.3) is 0 Å². The Balaban J connectivity index is 2.02. The van der Waals surface area contributed by atoms with Gasteiger partial charge < -0.3 is 15.5 Å². The average Bonchev–Trinajstić information content (AvgIpc) is 2.64. The van der Waals surface area contributed by atoms with Crippen LogP contribution in [0.1, 0.15) is 35.3 Å². The quantitative estimate of drug-likeness (QED) is 0.563. The predicted octanol–water partition coefficient (Wildman–Crippen LogP) is 1.88. The van der Waals surface area contributed by atoms with Crippen LogP contribution in [0.2, 0.25) is 0 Å². The van der Waals surface area contributed by atoms with Crippen molar-refractivity contribution in [2.75, 3.05) is 19.8 Å². The molecule has 3 N–H and O–H groups in total. The molecule has 0 fully saturated rings. The first kappa shape index (κ1) is 22.0. The molecule has 2 aromatic carbocycles. The minimum Gasteiger partial charge on any atom is -0.353 e. The van der Waals surface area contributed by atoms with Gasteiger partial charge in [-0.2, -0.15) is 0 Å². The number of thioether (sulfide) groups is 1. The van der Waals surface area contributed by atoms with E-state index >= 15 is 0 Å². The standard InChI is InChI=1S/C22H29N3O2S/c1-16(2)24-21(26)15-28-20-12-8-7-11-19(20)22(27)23-13-17-9-5-6-10-18(17)14-25(3)4/h5-12,16H,13-15H2,1-4H3,(H,23,27)(H,24,26)/p+1. The Morgan fingerprint density at radius 3 is 2.32 bits per heavy atom. The molecule has 0 saturated carbocycles. The van der Waals surface area contributed by atoms with Gasteiger partial charge in [0.2, 0.25) is 5.91 Å². The van der Waals surface area contributed by atoms with Crippen molar-refractivity contribution in [3.63, 3.8) is 0 Å². The summed E-state index contributed by atoms with van der Waals surface area (Å²) in [6.07, 6.45) is 0. The predicted molar refractivity (Wildman–Crippen MR) is 115 cm³/mol. The van der Waals surface area contributed by atoms with E-state index in [0.717, 1.165) is 17.0 Å². The van der Waals surface area contributed by atoms with Crippen molar-refractivity contribution < 1.29 is 14.5 Å². The normalized spacial score (nSPS) is 10.9. The lowest BCUT2D eigenvalue weighted by Crippen LogP contribution is -3.04. The fourth-order valence-corrected chi connectivity index (χ4v) is 3.70. The van der Waals surface area contributed by atoms with Gasteiger partial charge in [-0.25, -0.2) is 0 Å². The first-order valence-corrected chi connectivity index (χ1v) is 10.5. The Morgan fingerprint density at radius 1 is 1.00 bits per heavy atom. The van der Waals surface area contributed by atoms with Gasteiger partial charge in [0.1, 0.15) is 6.54 Å². The van der Waals surface area contributed by atoms with E-state index in [1.165, 1.54) is 22.2 Å². The van der Waals surface area contributed by atoms with Crippen LogP contribution in [0.3, 0.4) is 0 Å². The first-order valence-electron chi connectivity index (χ1n) is 9.52. The van der Waals surface area contributed by atoms with Gasteiger partial charge in [0.15, 0.2) is 0 Å². The molecule has 5 nitrogen and oxygen atoms in total. The molecule has 0 aliphatic heterocycles. The zero-order valence-corrected chi connectivity index (χ0v) is 17.9. The molecule has 0 spiro atoms. The number of quaternary nitrogens is 1. The van der Waals surface area contributed by atoms with Gasteiger partial charge in [-0.1, -0.05) is 36.4 Å². The van der Waals surface area contributed by atoms with E-state index in [1.54, 1.807) is 6.07 Å². The van der Waals surface area contributed by atoms with Crippen LogP contribution in [0.5, 0.6) is 0 Å². The van der Waals surface area contributed by atoms with E-state index in [9.17, 15) is 9.59 Å². The SMILES string of the molecule is CC(C)NC(=O)CSc1ccccc1C(=O)NCc1ccccc1C[NH+](C)C. The first-order chi connectivity index (χ1) is 13.4. The van der Waals surface area contributed by atoms with Crippen molar-refractivity contribution in [1.82, 2.24) is 10.6 Å². The summed E-state index contributed by atoms with van der Waals surface area (Å²) >= 11 is 1.38. The molecule has 0 radical (unpaired) electrons. The Kier molecular flexibility index (Phi) is 8.54. The van der Waals surface area contributed by atoms with E-state index < -0.39 is 0 Å². The number of benzene rings is 2. The molecule has 0 bridgehead atoms. The number of nitrogens with one attached hydrogen (secondary N) is 3. The highest BCUT2D eigenvalue weighted by molar-refractivity contribution is 8.00. The number of hydrogen-bond acceptors (Lipinski definition) is 3. The Morgan fingerprint density at radius 2 is 1.64 bits per heavy atom. The lowest BCUT2D eigenvalue weighted by atomic mass is 10.1. The summed E-state index contributed by atoms with van der Waals surface area (Å²) in [5, 5.41) is 5.89. The monoisotopic (exact) mass is 400 g/mol. The molecule has 0 aliphatic rings. The van der Waals surface area contributed by atoms with Crippen LogP contribution >= 0.6 is 11.8 Å². The van der Waals surface area contributed by atoms with Crippen molar-refractivity contribution >= 4 is 23.6 Å². The third-order valence-electron chi connectivity index (χ3n) is 4.04. The number of hydrogen-bond donors (Lipinski definition) is 3. The highest BCUT2D eigenvalue weighted by atomic mass is 32.2. The van der Waals surface area contributed by atoms with Gasteiger partial charge in [0.25, 0.3) is 5.91 Å². The van der Waals surface area contributed by atoms with Gasteiger partial charge in [0, 0.05) is 23.0 Å². The summed E-state index contributed by atoms with van der Waals surface area (Å²) in [4.78, 5) is 26.8. The summed E-state index contributed by atoms with van der Waals surface area (Å²) in [7, 11) is 4.22. The zero-order chi connectivity index (χ0) is 20.5. The molecular weight excluding hydrogens is 370 g/mol. The maximum atomic E-state index is 12.8. The molecule has 0 unspecified atom stereocenters. The third-order valence-corrected chi connectivity index (χ3v) is 5.12. The lowest BCUT2D eigenvalue weighted by molar-refractivity contribution is -0.872. The maximum Gasteiger partial charge on any atom is 0.252 e. The van der Waals surface area contributed by atoms with Crippen LogP contribution in [0.15, 0.2) is 53.4 Å². The van der Waals surface area contributed by atoms with Crippen LogP contribution < -0.4 is 15.5 Å². The van der Waals surface area contributed by atoms with Crippen molar-refractivity contribution in [3.8, 4) is 0 Å². The second-order valence-corrected chi connectivity index (χ2v) is 8.36. The molecule has 2 amide bonds. The van der Waals surface area contributed by atoms with Gasteiger partial charge in [0.05, 0.1) is 25.4 Å². The van der Waals surface area contributed by atoms with Crippen LogP contribution in [-0.4, -0.2) is 37.7 Å². The van der Waals surface area contributed by atoms with E-state index in [2.05, 4.69) is 36.9 Å². The summed E-state index contributed by atoms with van der Waals surface area (Å²) in [5.74, 6) is 0.131. The number of carbonyl (C=O) groups excluding carboxylic acids is 2. The lowest BCUT2D eigenvalue weighted by Gasteiger charge is -2.14. The molecule has 0 aliphatic carbocycles. The largest absolute Gasteiger partial charge is 0.353 e. The molecule has 0 saturated heterocycles. The summed E-state index contributed by atoms with van der Waals surface area (Å²) in [6, 6.07) is 15.7. The van der Waals surface area contributed by atoms with Crippen LogP contribution in [0.4, 0.5) is 0 Å². The second kappa shape index (κ2) is 10.9. The third kappa shape index (κ3) is 7.02. The van der Waals surface area contributed by atoms with Gasteiger partial charge in [-0.3, -0.25) is 9.59 Å². The van der Waals surface area contributed by atoms with Gasteiger partial charge in [-0.05, 0) is 31.5 Å². The minimum atomic E-state index is -0.126. The molecular formula is C22H30N3O2S+. The van der Waals surface area contributed by atoms with Crippen LogP contribution in [0, 0.1) is 0 Å². The fourth-order valence-electron chi connectivity index (χ4n) is 2.84. The molecule has 0 atom stereocenters. The van der Waals surface area contributed by atoms with Crippen molar-refractivity contribution in [1.29, 1.82) is 0 Å². The van der Waals surface area contributed by atoms with Gasteiger partial charge >= 0.3 is 0 Å². The molecule has 2 rings (SSSR count). The number of amides is 2. The van der Waals surface area contributed by atoms with E-state index in [0.29, 0.717) is 12.1 Å². The molecule has 0 heterocycles. The van der Waals surface area contributed by atoms with E-state index in [1.807, 2.05) is 44.2 Å². The van der Waals surface area contributed by atoms with Crippen molar-refractivity contribution in [3.05, 3.63) is 65.2 Å². The highest BCUT2D eigenvalue weighted by Gasteiger charge is 2.14. The summed E-state index contributed by atoms with van der Waals surface area (Å²) in [6.45, 7) is 5.25. The fraction of sp³-hybridized carbons (Fsp3) is 0.364. The highest BCUT2D eigenvalue weighted by Crippen LogP contribution is 2.22. The molecule has 6 heteroatoms. The smallest absolute Gasteiger partial charge is 0.252 e. The minimum absolute atomic E-state index is 0.0321. The molecule has 2 aromatic rings. The average molecular weight is 401 g/mol. The second-order valence-electron chi connectivity index (χ2n) is 7.34. The number of rotatable bonds is 9. The maximum absolute atomic E-state index is 12.8. The topological polar surface area (TPSA) is 62.6 Å². The number of carbonyl (C=O) groups is 2. The van der Waals surface area contributed by atoms with E-state index in [-0.39, 0.29) is 23.6 Å². The van der Waals surface area contributed by atoms with Gasteiger partial charge in [-0.15, -0.1) is 11.8 Å². The van der Waals surface area contributed by atoms with Crippen LogP contribution in [-0.2, 0) is 17.9 Å². The Hall–Kier alpha value is -2.31. The molecule has 28 heavy (non-hydrogen) atoms. The summed E-state index contributed by atoms with van der Waals surface area (Å²) < 4.78 is 0. The Labute approximate surface area is 171 Å². The molecule has 150 valence electrons. The van der Waals surface area contributed by atoms with Crippen molar-refractivity contribution in [2.24, 2.45) is 0 Å². The summed E-state index contributed by atoms with van der Waals surface area (Å²) in [5.41, 5.74) is 2.95. The van der Waals surface area contributed by atoms with E-state index in [4.69, 9.17) is 0 Å². The molecule has 0 aromatic heterocycles. The van der Waals surface area contributed by atoms with Crippen molar-refractivity contribution in [2.45, 2.75) is 37.9 Å².